The summed E-state index contributed by atoms with van der Waals surface area (Å²) in [7, 11) is 1.72. The second kappa shape index (κ2) is 2.72. The van der Waals surface area contributed by atoms with E-state index < -0.39 is 0 Å². The lowest BCUT2D eigenvalue weighted by molar-refractivity contribution is 0.246. The van der Waals surface area contributed by atoms with E-state index in [2.05, 4.69) is 13.0 Å². The van der Waals surface area contributed by atoms with E-state index in [0.717, 1.165) is 12.2 Å². The van der Waals surface area contributed by atoms with E-state index in [0.29, 0.717) is 5.92 Å². The SMILES string of the molecule is COC1=CC=CCC1C. The van der Waals surface area contributed by atoms with E-state index in [1.54, 1.807) is 7.11 Å². The average molecular weight is 124 g/mol. The largest absolute Gasteiger partial charge is 0.501 e. The van der Waals surface area contributed by atoms with Gasteiger partial charge in [-0.05, 0) is 12.5 Å². The lowest BCUT2D eigenvalue weighted by Crippen LogP contribution is -2.02. The van der Waals surface area contributed by atoms with Gasteiger partial charge in [0.1, 0.15) is 0 Å². The van der Waals surface area contributed by atoms with Crippen LogP contribution >= 0.6 is 0 Å². The van der Waals surface area contributed by atoms with E-state index >= 15 is 0 Å². The summed E-state index contributed by atoms with van der Waals surface area (Å²) in [6.45, 7) is 2.17. The molecule has 0 bridgehead atoms. The number of rotatable bonds is 1. The summed E-state index contributed by atoms with van der Waals surface area (Å²) in [5, 5.41) is 0. The molecular weight excluding hydrogens is 112 g/mol. The van der Waals surface area contributed by atoms with Gasteiger partial charge in [-0.1, -0.05) is 19.1 Å². The first-order valence-corrected chi connectivity index (χ1v) is 3.25. The highest BCUT2D eigenvalue weighted by atomic mass is 16.5. The van der Waals surface area contributed by atoms with Crippen LogP contribution in [0.5, 0.6) is 0 Å². The van der Waals surface area contributed by atoms with Gasteiger partial charge in [-0.2, -0.15) is 0 Å². The topological polar surface area (TPSA) is 9.23 Å². The van der Waals surface area contributed by atoms with E-state index in [-0.39, 0.29) is 0 Å². The maximum atomic E-state index is 5.11. The zero-order chi connectivity index (χ0) is 6.69. The Bertz CT molecular complexity index is 145. The predicted molar refractivity (Wildman–Crippen MR) is 38.0 cm³/mol. The van der Waals surface area contributed by atoms with Crippen molar-refractivity contribution in [1.29, 1.82) is 0 Å². The molecule has 0 spiro atoms. The first-order chi connectivity index (χ1) is 4.34. The van der Waals surface area contributed by atoms with Crippen molar-refractivity contribution in [2.24, 2.45) is 5.92 Å². The molecule has 0 saturated carbocycles. The Morgan fingerprint density at radius 3 is 2.89 bits per heavy atom. The molecule has 0 fully saturated rings. The van der Waals surface area contributed by atoms with Crippen molar-refractivity contribution >= 4 is 0 Å². The first kappa shape index (κ1) is 6.40. The van der Waals surface area contributed by atoms with Crippen LogP contribution in [0.2, 0.25) is 0 Å². The molecule has 0 aromatic heterocycles. The standard InChI is InChI=1S/C8H12O/c1-7-5-3-4-6-8(7)9-2/h3-4,6-7H,5H2,1-2H3. The van der Waals surface area contributed by atoms with E-state index in [9.17, 15) is 0 Å². The van der Waals surface area contributed by atoms with Gasteiger partial charge in [-0.15, -0.1) is 0 Å². The molecule has 1 aliphatic carbocycles. The molecule has 0 heterocycles. The van der Waals surface area contributed by atoms with E-state index in [4.69, 9.17) is 4.74 Å². The van der Waals surface area contributed by atoms with Gasteiger partial charge in [0.2, 0.25) is 0 Å². The summed E-state index contributed by atoms with van der Waals surface area (Å²) in [5.41, 5.74) is 0. The van der Waals surface area contributed by atoms with Gasteiger partial charge in [-0.25, -0.2) is 0 Å². The monoisotopic (exact) mass is 124 g/mol. The van der Waals surface area contributed by atoms with Gasteiger partial charge in [0.05, 0.1) is 12.9 Å². The Hall–Kier alpha value is -0.720. The molecule has 1 rings (SSSR count). The zero-order valence-electron chi connectivity index (χ0n) is 5.92. The smallest absolute Gasteiger partial charge is 0.0986 e. The molecule has 0 aliphatic heterocycles. The fourth-order valence-electron chi connectivity index (χ4n) is 0.995. The van der Waals surface area contributed by atoms with Gasteiger partial charge in [-0.3, -0.25) is 0 Å². The molecular formula is C8H12O. The molecule has 1 nitrogen and oxygen atoms in total. The maximum absolute atomic E-state index is 5.11. The third-order valence-electron chi connectivity index (χ3n) is 1.61. The third kappa shape index (κ3) is 1.35. The van der Waals surface area contributed by atoms with Crippen LogP contribution in [0.15, 0.2) is 24.0 Å². The van der Waals surface area contributed by atoms with Crippen LogP contribution < -0.4 is 0 Å². The lowest BCUT2D eigenvalue weighted by atomic mass is 10.0. The fourth-order valence-corrected chi connectivity index (χ4v) is 0.995. The summed E-state index contributed by atoms with van der Waals surface area (Å²) >= 11 is 0. The molecule has 0 amide bonds. The van der Waals surface area contributed by atoms with Crippen molar-refractivity contribution in [1.82, 2.24) is 0 Å². The number of methoxy groups -OCH3 is 1. The lowest BCUT2D eigenvalue weighted by Gasteiger charge is -2.14. The van der Waals surface area contributed by atoms with Crippen molar-refractivity contribution < 1.29 is 4.74 Å². The number of ether oxygens (including phenoxy) is 1. The summed E-state index contributed by atoms with van der Waals surface area (Å²) in [4.78, 5) is 0. The molecule has 9 heavy (non-hydrogen) atoms. The van der Waals surface area contributed by atoms with Gasteiger partial charge >= 0.3 is 0 Å². The zero-order valence-corrected chi connectivity index (χ0v) is 5.92. The molecule has 50 valence electrons. The Morgan fingerprint density at radius 2 is 2.44 bits per heavy atom. The molecule has 1 unspecified atom stereocenters. The molecule has 1 heteroatoms. The van der Waals surface area contributed by atoms with Crippen LogP contribution in [0.1, 0.15) is 13.3 Å². The molecule has 0 aromatic rings. The second-order valence-electron chi connectivity index (χ2n) is 2.34. The molecule has 0 N–H and O–H groups in total. The predicted octanol–water partition coefficient (Wildman–Crippen LogP) is 2.11. The van der Waals surface area contributed by atoms with Crippen LogP contribution in [0.25, 0.3) is 0 Å². The Balaban J connectivity index is 2.63. The average Bonchev–Trinajstić information content (AvgIpc) is 1.89. The van der Waals surface area contributed by atoms with Crippen LogP contribution in [-0.4, -0.2) is 7.11 Å². The fraction of sp³-hybridized carbons (Fsp3) is 0.500. The van der Waals surface area contributed by atoms with Crippen LogP contribution in [0.4, 0.5) is 0 Å². The Morgan fingerprint density at radius 1 is 1.67 bits per heavy atom. The van der Waals surface area contributed by atoms with E-state index in [1.165, 1.54) is 0 Å². The second-order valence-corrected chi connectivity index (χ2v) is 2.34. The first-order valence-electron chi connectivity index (χ1n) is 3.25. The number of hydrogen-bond donors (Lipinski definition) is 0. The summed E-state index contributed by atoms with van der Waals surface area (Å²) in [5.74, 6) is 1.66. The maximum Gasteiger partial charge on any atom is 0.0986 e. The highest BCUT2D eigenvalue weighted by Crippen LogP contribution is 2.19. The van der Waals surface area contributed by atoms with Gasteiger partial charge < -0.3 is 4.74 Å². The molecule has 0 radical (unpaired) electrons. The molecule has 1 atom stereocenters. The number of hydrogen-bond acceptors (Lipinski definition) is 1. The quantitative estimate of drug-likeness (QED) is 0.520. The van der Waals surface area contributed by atoms with Crippen LogP contribution in [-0.2, 0) is 4.74 Å². The van der Waals surface area contributed by atoms with Crippen LogP contribution in [0, 0.1) is 5.92 Å². The highest BCUT2D eigenvalue weighted by Gasteiger charge is 2.08. The van der Waals surface area contributed by atoms with Gasteiger partial charge in [0.25, 0.3) is 0 Å². The van der Waals surface area contributed by atoms with Gasteiger partial charge in [0.15, 0.2) is 0 Å². The van der Waals surface area contributed by atoms with Crippen molar-refractivity contribution in [2.75, 3.05) is 7.11 Å². The van der Waals surface area contributed by atoms with Crippen molar-refractivity contribution in [3.8, 4) is 0 Å². The van der Waals surface area contributed by atoms with E-state index in [1.807, 2.05) is 12.2 Å². The molecule has 0 saturated heterocycles. The Labute approximate surface area is 56.0 Å². The highest BCUT2D eigenvalue weighted by molar-refractivity contribution is 5.15. The van der Waals surface area contributed by atoms with Gasteiger partial charge in [0, 0.05) is 5.92 Å². The van der Waals surface area contributed by atoms with Crippen molar-refractivity contribution in [3.05, 3.63) is 24.0 Å². The van der Waals surface area contributed by atoms with Crippen molar-refractivity contribution in [2.45, 2.75) is 13.3 Å². The summed E-state index contributed by atoms with van der Waals surface area (Å²) in [6.07, 6.45) is 7.33. The van der Waals surface area contributed by atoms with Crippen LogP contribution in [0.3, 0.4) is 0 Å². The normalized spacial score (nSPS) is 25.6. The minimum absolute atomic E-state index is 0.569. The summed E-state index contributed by atoms with van der Waals surface area (Å²) < 4.78 is 5.11. The molecule has 0 aromatic carbocycles. The minimum atomic E-state index is 0.569. The summed E-state index contributed by atoms with van der Waals surface area (Å²) in [6, 6.07) is 0. The van der Waals surface area contributed by atoms with Crippen molar-refractivity contribution in [3.63, 3.8) is 0 Å². The number of allylic oxidation sites excluding steroid dienone is 4. The minimum Gasteiger partial charge on any atom is -0.501 e. The Kier molecular flexibility index (Phi) is 1.93. The third-order valence-corrected chi connectivity index (χ3v) is 1.61. The molecule has 1 aliphatic rings.